The Labute approximate surface area is 112 Å². The highest BCUT2D eigenvalue weighted by Crippen LogP contribution is 2.38. The molecule has 0 aromatic rings. The molecule has 0 spiro atoms. The van der Waals surface area contributed by atoms with Crippen LogP contribution in [0.15, 0.2) is 0 Å². The smallest absolute Gasteiger partial charge is 0.0644 e. The molecular weight excluding hydrogens is 224 g/mol. The third kappa shape index (κ3) is 3.69. The van der Waals surface area contributed by atoms with E-state index in [4.69, 9.17) is 5.73 Å². The highest BCUT2D eigenvalue weighted by atomic mass is 16.3. The van der Waals surface area contributed by atoms with Crippen LogP contribution in [0.1, 0.15) is 52.9 Å². The monoisotopic (exact) mass is 254 g/mol. The maximum absolute atomic E-state index is 9.98. The minimum absolute atomic E-state index is 0.375. The lowest BCUT2D eigenvalue weighted by atomic mass is 9.70. The Kier molecular flexibility index (Phi) is 4.05. The van der Waals surface area contributed by atoms with E-state index < -0.39 is 5.60 Å². The van der Waals surface area contributed by atoms with Crippen LogP contribution in [0, 0.1) is 11.3 Å². The third-order valence-electron chi connectivity index (χ3n) is 5.00. The van der Waals surface area contributed by atoms with Crippen LogP contribution in [0.3, 0.4) is 0 Å². The molecule has 0 aromatic heterocycles. The van der Waals surface area contributed by atoms with Crippen molar-refractivity contribution >= 4 is 0 Å². The molecule has 106 valence electrons. The Morgan fingerprint density at radius 2 is 1.78 bits per heavy atom. The van der Waals surface area contributed by atoms with Crippen LogP contribution in [0.4, 0.5) is 0 Å². The van der Waals surface area contributed by atoms with Gasteiger partial charge in [0, 0.05) is 25.7 Å². The quantitative estimate of drug-likeness (QED) is 0.792. The van der Waals surface area contributed by atoms with Crippen molar-refractivity contribution in [3.8, 4) is 0 Å². The molecule has 2 fully saturated rings. The summed E-state index contributed by atoms with van der Waals surface area (Å²) < 4.78 is 0. The van der Waals surface area contributed by atoms with Gasteiger partial charge in [-0.05, 0) is 50.4 Å². The summed E-state index contributed by atoms with van der Waals surface area (Å²) >= 11 is 0. The van der Waals surface area contributed by atoms with Crippen molar-refractivity contribution in [1.29, 1.82) is 0 Å². The average Bonchev–Trinajstić information content (AvgIpc) is 2.26. The van der Waals surface area contributed by atoms with Crippen molar-refractivity contribution in [2.24, 2.45) is 17.1 Å². The molecule has 1 saturated carbocycles. The van der Waals surface area contributed by atoms with Crippen LogP contribution in [0.25, 0.3) is 0 Å². The van der Waals surface area contributed by atoms with Gasteiger partial charge in [0.15, 0.2) is 0 Å². The normalized spacial score (nSPS) is 36.5. The number of rotatable bonds is 2. The lowest BCUT2D eigenvalue weighted by Crippen LogP contribution is -2.49. The summed E-state index contributed by atoms with van der Waals surface area (Å²) in [6.07, 6.45) is 5.49. The zero-order chi connectivity index (χ0) is 13.4. The maximum atomic E-state index is 9.98. The summed E-state index contributed by atoms with van der Waals surface area (Å²) in [5.41, 5.74) is 6.31. The van der Waals surface area contributed by atoms with E-state index in [1.807, 2.05) is 6.92 Å². The lowest BCUT2D eigenvalue weighted by Gasteiger charge is -2.43. The van der Waals surface area contributed by atoms with Gasteiger partial charge in [-0.3, -0.25) is 0 Å². The van der Waals surface area contributed by atoms with Crippen LogP contribution in [0.5, 0.6) is 0 Å². The van der Waals surface area contributed by atoms with Crippen LogP contribution in [-0.4, -0.2) is 41.3 Å². The fraction of sp³-hybridized carbons (Fsp3) is 1.00. The van der Waals surface area contributed by atoms with Gasteiger partial charge in [-0.1, -0.05) is 13.8 Å². The van der Waals surface area contributed by atoms with E-state index in [-0.39, 0.29) is 0 Å². The van der Waals surface area contributed by atoms with Crippen LogP contribution in [0.2, 0.25) is 0 Å². The minimum Gasteiger partial charge on any atom is -0.390 e. The summed E-state index contributed by atoms with van der Waals surface area (Å²) in [7, 11) is 0. The number of hydrogen-bond acceptors (Lipinski definition) is 3. The second-order valence-electron chi connectivity index (χ2n) is 7.63. The summed E-state index contributed by atoms with van der Waals surface area (Å²) in [5, 5.41) is 9.98. The summed E-state index contributed by atoms with van der Waals surface area (Å²) in [6, 6.07) is 0.375. The van der Waals surface area contributed by atoms with E-state index in [1.165, 1.54) is 19.3 Å². The molecular formula is C15H30N2O. The Morgan fingerprint density at radius 1 is 1.17 bits per heavy atom. The highest BCUT2D eigenvalue weighted by molar-refractivity contribution is 4.90. The zero-order valence-electron chi connectivity index (χ0n) is 12.3. The summed E-state index contributed by atoms with van der Waals surface area (Å²) in [5.74, 6) is 0.636. The molecule has 3 N–H and O–H groups in total. The second kappa shape index (κ2) is 5.10. The summed E-state index contributed by atoms with van der Waals surface area (Å²) in [4.78, 5) is 2.50. The largest absolute Gasteiger partial charge is 0.390 e. The van der Waals surface area contributed by atoms with Gasteiger partial charge in [-0.15, -0.1) is 0 Å². The Hall–Kier alpha value is -0.120. The first-order chi connectivity index (χ1) is 8.27. The first-order valence-corrected chi connectivity index (χ1v) is 7.48. The van der Waals surface area contributed by atoms with Crippen LogP contribution < -0.4 is 5.73 Å². The van der Waals surface area contributed by atoms with Gasteiger partial charge in [0.25, 0.3) is 0 Å². The van der Waals surface area contributed by atoms with Crippen molar-refractivity contribution in [3.05, 3.63) is 0 Å². The van der Waals surface area contributed by atoms with Gasteiger partial charge in [0.05, 0.1) is 5.60 Å². The Balaban J connectivity index is 1.85. The topological polar surface area (TPSA) is 49.5 Å². The Morgan fingerprint density at radius 3 is 2.39 bits per heavy atom. The van der Waals surface area contributed by atoms with E-state index >= 15 is 0 Å². The molecule has 2 rings (SSSR count). The van der Waals surface area contributed by atoms with Crippen LogP contribution >= 0.6 is 0 Å². The van der Waals surface area contributed by atoms with Crippen molar-refractivity contribution in [2.75, 3.05) is 19.6 Å². The molecule has 3 nitrogen and oxygen atoms in total. The minimum atomic E-state index is -0.440. The SMILES string of the molecule is CC1(C)CCC(N)C(CN2CCC(C)(O)CC2)C1. The van der Waals surface area contributed by atoms with E-state index in [9.17, 15) is 5.11 Å². The molecule has 0 bridgehead atoms. The molecule has 1 heterocycles. The average molecular weight is 254 g/mol. The molecule has 3 heteroatoms. The molecule has 2 atom stereocenters. The van der Waals surface area contributed by atoms with Gasteiger partial charge >= 0.3 is 0 Å². The van der Waals surface area contributed by atoms with E-state index in [0.717, 1.165) is 32.5 Å². The van der Waals surface area contributed by atoms with E-state index in [1.54, 1.807) is 0 Å². The molecule has 1 saturated heterocycles. The first-order valence-electron chi connectivity index (χ1n) is 7.48. The van der Waals surface area contributed by atoms with Gasteiger partial charge in [0.2, 0.25) is 0 Å². The van der Waals surface area contributed by atoms with Crippen molar-refractivity contribution in [3.63, 3.8) is 0 Å². The fourth-order valence-electron chi connectivity index (χ4n) is 3.51. The summed E-state index contributed by atoms with van der Waals surface area (Å²) in [6.45, 7) is 9.87. The maximum Gasteiger partial charge on any atom is 0.0644 e. The fourth-order valence-corrected chi connectivity index (χ4v) is 3.51. The molecule has 2 aliphatic rings. The number of piperidine rings is 1. The van der Waals surface area contributed by atoms with Gasteiger partial charge in [-0.2, -0.15) is 0 Å². The van der Waals surface area contributed by atoms with Gasteiger partial charge in [-0.25, -0.2) is 0 Å². The lowest BCUT2D eigenvalue weighted by molar-refractivity contribution is -0.0136. The van der Waals surface area contributed by atoms with Crippen LogP contribution in [-0.2, 0) is 0 Å². The number of nitrogens with two attached hydrogens (primary N) is 1. The predicted molar refractivity (Wildman–Crippen MR) is 75.4 cm³/mol. The molecule has 0 amide bonds. The standard InChI is InChI=1S/C15H30N2O/c1-14(2)5-4-13(16)12(10-14)11-17-8-6-15(3,18)7-9-17/h12-13,18H,4-11,16H2,1-3H3. The van der Waals surface area contributed by atoms with Gasteiger partial charge in [0.1, 0.15) is 0 Å². The number of aliphatic hydroxyl groups is 1. The number of likely N-dealkylation sites (tertiary alicyclic amines) is 1. The zero-order valence-corrected chi connectivity index (χ0v) is 12.3. The first kappa shape index (κ1) is 14.3. The van der Waals surface area contributed by atoms with E-state index in [0.29, 0.717) is 17.4 Å². The molecule has 1 aliphatic carbocycles. The number of nitrogens with zero attached hydrogens (tertiary/aromatic N) is 1. The van der Waals surface area contributed by atoms with Crippen molar-refractivity contribution in [1.82, 2.24) is 4.90 Å². The molecule has 18 heavy (non-hydrogen) atoms. The third-order valence-corrected chi connectivity index (χ3v) is 5.00. The van der Waals surface area contributed by atoms with Crippen molar-refractivity contribution < 1.29 is 5.11 Å². The molecule has 2 unspecified atom stereocenters. The molecule has 0 aromatic carbocycles. The van der Waals surface area contributed by atoms with Crippen molar-refractivity contribution in [2.45, 2.75) is 64.5 Å². The molecule has 1 aliphatic heterocycles. The highest BCUT2D eigenvalue weighted by Gasteiger charge is 2.35. The Bertz CT molecular complexity index is 278. The number of hydrogen-bond donors (Lipinski definition) is 2. The second-order valence-corrected chi connectivity index (χ2v) is 7.63. The predicted octanol–water partition coefficient (Wildman–Crippen LogP) is 1.99. The van der Waals surface area contributed by atoms with E-state index in [2.05, 4.69) is 18.7 Å². The molecule has 0 radical (unpaired) electrons. The van der Waals surface area contributed by atoms with Gasteiger partial charge < -0.3 is 15.7 Å².